The summed E-state index contributed by atoms with van der Waals surface area (Å²) in [5, 5.41) is 4.00. The van der Waals surface area contributed by atoms with Crippen molar-refractivity contribution in [1.82, 2.24) is 10.3 Å². The number of rotatable bonds is 2. The van der Waals surface area contributed by atoms with Crippen LogP contribution in [-0.4, -0.2) is 26.5 Å². The van der Waals surface area contributed by atoms with Gasteiger partial charge in [-0.05, 0) is 18.6 Å². The highest BCUT2D eigenvalue weighted by atomic mass is 32.2. The van der Waals surface area contributed by atoms with E-state index in [1.807, 2.05) is 31.2 Å². The van der Waals surface area contributed by atoms with Gasteiger partial charge in [0.2, 0.25) is 0 Å². The summed E-state index contributed by atoms with van der Waals surface area (Å²) in [5.74, 6) is 0. The minimum absolute atomic E-state index is 0.298. The molecule has 106 valence electrons. The van der Waals surface area contributed by atoms with E-state index in [4.69, 9.17) is 0 Å². The lowest BCUT2D eigenvalue weighted by Crippen LogP contribution is -2.34. The Bertz CT molecular complexity index is 725. The first-order valence-electron chi connectivity index (χ1n) is 6.33. The summed E-state index contributed by atoms with van der Waals surface area (Å²) >= 11 is 1.21. The van der Waals surface area contributed by atoms with Crippen molar-refractivity contribution in [2.75, 3.05) is 17.4 Å². The molecule has 1 N–H and O–H groups in total. The zero-order valence-electron chi connectivity index (χ0n) is 11.0. The topological polar surface area (TPSA) is 62.3 Å². The van der Waals surface area contributed by atoms with E-state index >= 15 is 0 Å². The summed E-state index contributed by atoms with van der Waals surface area (Å²) in [5.41, 5.74) is 1.75. The van der Waals surface area contributed by atoms with Gasteiger partial charge >= 0.3 is 0 Å². The number of sulfonamides is 1. The van der Waals surface area contributed by atoms with Crippen molar-refractivity contribution >= 4 is 27.0 Å². The Kier molecular flexibility index (Phi) is 3.49. The Morgan fingerprint density at radius 3 is 2.90 bits per heavy atom. The van der Waals surface area contributed by atoms with Crippen LogP contribution in [0, 0.1) is 6.92 Å². The molecule has 1 aromatic heterocycles. The second kappa shape index (κ2) is 5.16. The van der Waals surface area contributed by atoms with Gasteiger partial charge in [0.1, 0.15) is 0 Å². The molecule has 0 atom stereocenters. The second-order valence-corrected chi connectivity index (χ2v) is 7.90. The van der Waals surface area contributed by atoms with Crippen molar-refractivity contribution in [3.8, 4) is 0 Å². The number of nitrogens with zero attached hydrogens (tertiary/aromatic N) is 2. The summed E-state index contributed by atoms with van der Waals surface area (Å²) < 4.78 is 27.3. The fraction of sp³-hybridized carbons (Fsp3) is 0.308. The summed E-state index contributed by atoms with van der Waals surface area (Å²) in [6.45, 7) is 3.55. The van der Waals surface area contributed by atoms with E-state index in [-0.39, 0.29) is 0 Å². The van der Waals surface area contributed by atoms with Crippen LogP contribution in [0.3, 0.4) is 0 Å². The van der Waals surface area contributed by atoms with Crippen LogP contribution in [0.25, 0.3) is 0 Å². The molecule has 0 spiro atoms. The Morgan fingerprint density at radius 2 is 2.15 bits per heavy atom. The molecule has 0 saturated carbocycles. The number of nitrogens with one attached hydrogen (secondary N) is 1. The predicted molar refractivity (Wildman–Crippen MR) is 79.5 cm³/mol. The third-order valence-electron chi connectivity index (χ3n) is 3.21. The molecule has 1 aliphatic rings. The molecular formula is C13H15N3O2S2. The van der Waals surface area contributed by atoms with Crippen molar-refractivity contribution in [3.63, 3.8) is 0 Å². The largest absolute Gasteiger partial charge is 0.311 e. The molecular weight excluding hydrogens is 294 g/mol. The summed E-state index contributed by atoms with van der Waals surface area (Å²) in [6, 6.07) is 7.60. The van der Waals surface area contributed by atoms with Crippen molar-refractivity contribution in [3.05, 3.63) is 41.0 Å². The first kappa shape index (κ1) is 13.5. The lowest BCUT2D eigenvalue weighted by molar-refractivity contribution is 0.591. The van der Waals surface area contributed by atoms with E-state index in [0.717, 1.165) is 16.3 Å². The third kappa shape index (κ3) is 2.32. The van der Waals surface area contributed by atoms with E-state index < -0.39 is 10.0 Å². The number of aromatic nitrogens is 1. The molecule has 0 saturated heterocycles. The van der Waals surface area contributed by atoms with Crippen molar-refractivity contribution in [1.29, 1.82) is 0 Å². The molecule has 2 heterocycles. The maximum Gasteiger partial charge on any atom is 0.275 e. The zero-order chi connectivity index (χ0) is 14.2. The van der Waals surface area contributed by atoms with Crippen molar-refractivity contribution in [2.45, 2.75) is 17.7 Å². The Labute approximate surface area is 122 Å². The number of hydrogen-bond donors (Lipinski definition) is 1. The third-order valence-corrected chi connectivity index (χ3v) is 6.37. The van der Waals surface area contributed by atoms with Gasteiger partial charge < -0.3 is 5.32 Å². The van der Waals surface area contributed by atoms with E-state index in [2.05, 4.69) is 10.3 Å². The number of anilines is 1. The van der Waals surface area contributed by atoms with Gasteiger partial charge in [0.25, 0.3) is 10.0 Å². The molecule has 0 unspecified atom stereocenters. The molecule has 1 aliphatic heterocycles. The van der Waals surface area contributed by atoms with E-state index in [1.54, 1.807) is 0 Å². The summed E-state index contributed by atoms with van der Waals surface area (Å²) in [4.78, 5) is 4.05. The minimum atomic E-state index is -3.53. The molecule has 0 radical (unpaired) electrons. The molecule has 0 bridgehead atoms. The molecule has 0 aliphatic carbocycles. The highest BCUT2D eigenvalue weighted by molar-refractivity contribution is 7.94. The highest BCUT2D eigenvalue weighted by Gasteiger charge is 2.29. The van der Waals surface area contributed by atoms with Crippen LogP contribution in [0.2, 0.25) is 0 Å². The minimum Gasteiger partial charge on any atom is -0.311 e. The average molecular weight is 309 g/mol. The Hall–Kier alpha value is -1.44. The number of fused-ring (bicyclic) bond motifs is 1. The number of aryl methyl sites for hydroxylation is 1. The van der Waals surface area contributed by atoms with Gasteiger partial charge in [0, 0.05) is 19.6 Å². The normalized spacial score (nSPS) is 15.8. The standard InChI is InChI=1S/C13H15N3O2S2/c1-10-15-9-13(19-10)20(17,18)16-7-6-14-8-11-4-2-3-5-12(11)16/h2-5,9,14H,6-8H2,1H3. The molecule has 5 nitrogen and oxygen atoms in total. The van der Waals surface area contributed by atoms with Gasteiger partial charge in [-0.15, -0.1) is 11.3 Å². The average Bonchev–Trinajstić information content (AvgIpc) is 2.75. The first-order chi connectivity index (χ1) is 9.59. The highest BCUT2D eigenvalue weighted by Crippen LogP contribution is 2.30. The van der Waals surface area contributed by atoms with Crippen LogP contribution >= 0.6 is 11.3 Å². The van der Waals surface area contributed by atoms with E-state index in [9.17, 15) is 8.42 Å². The molecule has 1 aromatic carbocycles. The van der Waals surface area contributed by atoms with Crippen molar-refractivity contribution < 1.29 is 8.42 Å². The Morgan fingerprint density at radius 1 is 1.35 bits per heavy atom. The van der Waals surface area contributed by atoms with Gasteiger partial charge in [-0.2, -0.15) is 0 Å². The van der Waals surface area contributed by atoms with Crippen LogP contribution < -0.4 is 9.62 Å². The van der Waals surface area contributed by atoms with Gasteiger partial charge in [-0.3, -0.25) is 4.31 Å². The summed E-state index contributed by atoms with van der Waals surface area (Å²) in [6.07, 6.45) is 1.44. The maximum atomic E-state index is 12.8. The van der Waals surface area contributed by atoms with Crippen LogP contribution in [0.15, 0.2) is 34.7 Å². The van der Waals surface area contributed by atoms with Gasteiger partial charge in [-0.1, -0.05) is 18.2 Å². The Balaban J connectivity index is 2.09. The van der Waals surface area contributed by atoms with Crippen LogP contribution in [0.5, 0.6) is 0 Å². The lowest BCUT2D eigenvalue weighted by atomic mass is 10.2. The molecule has 20 heavy (non-hydrogen) atoms. The number of hydrogen-bond acceptors (Lipinski definition) is 5. The fourth-order valence-corrected chi connectivity index (χ4v) is 4.97. The predicted octanol–water partition coefficient (Wildman–Crippen LogP) is 1.75. The van der Waals surface area contributed by atoms with Gasteiger partial charge in [0.05, 0.1) is 16.9 Å². The molecule has 3 rings (SSSR count). The molecule has 7 heteroatoms. The van der Waals surface area contributed by atoms with E-state index in [1.165, 1.54) is 21.8 Å². The van der Waals surface area contributed by atoms with Crippen LogP contribution in [-0.2, 0) is 16.6 Å². The maximum absolute atomic E-state index is 12.8. The monoisotopic (exact) mass is 309 g/mol. The number of benzene rings is 1. The SMILES string of the molecule is Cc1ncc(S(=O)(=O)N2CCNCc3ccccc32)s1. The molecule has 0 fully saturated rings. The quantitative estimate of drug-likeness (QED) is 0.918. The second-order valence-electron chi connectivity index (χ2n) is 4.58. The van der Waals surface area contributed by atoms with E-state index in [0.29, 0.717) is 23.8 Å². The number of thiazole rings is 1. The first-order valence-corrected chi connectivity index (χ1v) is 8.58. The van der Waals surface area contributed by atoms with Gasteiger partial charge in [-0.25, -0.2) is 13.4 Å². The van der Waals surface area contributed by atoms with Crippen LogP contribution in [0.1, 0.15) is 10.6 Å². The zero-order valence-corrected chi connectivity index (χ0v) is 12.7. The fourth-order valence-electron chi connectivity index (χ4n) is 2.25. The molecule has 0 amide bonds. The number of para-hydroxylation sites is 1. The smallest absolute Gasteiger partial charge is 0.275 e. The van der Waals surface area contributed by atoms with Crippen molar-refractivity contribution in [2.24, 2.45) is 0 Å². The lowest BCUT2D eigenvalue weighted by Gasteiger charge is -2.23. The van der Waals surface area contributed by atoms with Crippen LogP contribution in [0.4, 0.5) is 5.69 Å². The van der Waals surface area contributed by atoms with Gasteiger partial charge in [0.15, 0.2) is 4.21 Å². The molecule has 2 aromatic rings. The summed E-state index contributed by atoms with van der Waals surface area (Å²) in [7, 11) is -3.53.